The quantitative estimate of drug-likeness (QED) is 0.644. The van der Waals surface area contributed by atoms with Crippen LogP contribution < -0.4 is 11.1 Å². The summed E-state index contributed by atoms with van der Waals surface area (Å²) in [6, 6.07) is 4.79. The van der Waals surface area contributed by atoms with Crippen molar-refractivity contribution in [3.63, 3.8) is 0 Å². The number of aromatic nitrogens is 3. The van der Waals surface area contributed by atoms with E-state index in [9.17, 15) is 14.4 Å². The number of anilines is 1. The number of halogens is 1. The topological polar surface area (TPSA) is 113 Å². The van der Waals surface area contributed by atoms with Crippen molar-refractivity contribution in [2.75, 3.05) is 18.4 Å². The van der Waals surface area contributed by atoms with Gasteiger partial charge in [0.1, 0.15) is 6.54 Å². The first-order chi connectivity index (χ1) is 14.5. The maximum Gasteiger partial charge on any atom is 0.420 e. The molecule has 2 N–H and O–H groups in total. The van der Waals surface area contributed by atoms with E-state index in [0.29, 0.717) is 42.0 Å². The molecule has 3 heterocycles. The van der Waals surface area contributed by atoms with Crippen molar-refractivity contribution in [2.24, 2.45) is 0 Å². The molecule has 9 nitrogen and oxygen atoms in total. The van der Waals surface area contributed by atoms with Crippen LogP contribution in [-0.2, 0) is 17.8 Å². The number of rotatable bonds is 5. The lowest BCUT2D eigenvalue weighted by molar-refractivity contribution is -0.132. The van der Waals surface area contributed by atoms with Crippen LogP contribution in [0.1, 0.15) is 42.4 Å². The van der Waals surface area contributed by atoms with Gasteiger partial charge in [0.2, 0.25) is 5.91 Å². The maximum absolute atomic E-state index is 12.6. The second-order valence-electron chi connectivity index (χ2n) is 7.25. The van der Waals surface area contributed by atoms with Crippen LogP contribution in [0.3, 0.4) is 0 Å². The summed E-state index contributed by atoms with van der Waals surface area (Å²) in [5.74, 6) is -1.21. The Morgan fingerprint density at radius 1 is 1.27 bits per heavy atom. The lowest BCUT2D eigenvalue weighted by Crippen LogP contribution is -2.39. The number of carbonyl (C=O) groups excluding carboxylic acids is 2. The van der Waals surface area contributed by atoms with E-state index in [1.165, 1.54) is 4.57 Å². The van der Waals surface area contributed by atoms with E-state index in [1.807, 2.05) is 6.92 Å². The highest BCUT2D eigenvalue weighted by Crippen LogP contribution is 2.22. The number of oxazole rings is 1. The molecule has 30 heavy (non-hydrogen) atoms. The molecule has 1 fully saturated rings. The molecule has 3 aromatic rings. The summed E-state index contributed by atoms with van der Waals surface area (Å²) in [4.78, 5) is 39.2. The van der Waals surface area contributed by atoms with Crippen LogP contribution >= 0.6 is 11.6 Å². The fraction of sp³-hybridized carbons (Fsp3) is 0.400. The van der Waals surface area contributed by atoms with Crippen molar-refractivity contribution < 1.29 is 14.0 Å². The highest BCUT2D eigenvalue weighted by molar-refractivity contribution is 6.34. The molecule has 1 aromatic carbocycles. The van der Waals surface area contributed by atoms with Gasteiger partial charge in [0.15, 0.2) is 11.3 Å². The Bertz CT molecular complexity index is 1160. The Kier molecular flexibility index (Phi) is 5.63. The summed E-state index contributed by atoms with van der Waals surface area (Å²) < 4.78 is 6.54. The third-order valence-electron chi connectivity index (χ3n) is 5.27. The molecule has 1 saturated heterocycles. The maximum atomic E-state index is 12.6. The largest absolute Gasteiger partial charge is 0.420 e. The van der Waals surface area contributed by atoms with E-state index in [-0.39, 0.29) is 23.2 Å². The zero-order valence-corrected chi connectivity index (χ0v) is 17.3. The number of hydrogen-bond donors (Lipinski definition) is 2. The van der Waals surface area contributed by atoms with Gasteiger partial charge >= 0.3 is 5.76 Å². The number of carbonyl (C=O) groups is 2. The molecule has 1 aliphatic rings. The summed E-state index contributed by atoms with van der Waals surface area (Å²) in [6.07, 6.45) is 3.68. The number of benzene rings is 1. The molecule has 2 amide bonds. The second-order valence-corrected chi connectivity index (χ2v) is 7.63. The van der Waals surface area contributed by atoms with Crippen LogP contribution in [0.2, 0.25) is 5.02 Å². The molecule has 4 rings (SSSR count). The number of amides is 2. The lowest BCUT2D eigenvalue weighted by Gasteiger charge is -2.26. The molecular formula is C20H22ClN5O4. The van der Waals surface area contributed by atoms with Gasteiger partial charge in [-0.15, -0.1) is 0 Å². The first-order valence-corrected chi connectivity index (χ1v) is 10.3. The molecule has 0 radical (unpaired) electrons. The Labute approximate surface area is 177 Å². The van der Waals surface area contributed by atoms with Gasteiger partial charge in [0, 0.05) is 18.8 Å². The number of piperidine rings is 1. The SMILES string of the molecule is CCc1[nH]nc(C(=O)Nc2ccc3oc(=O)n(CC(=O)N4CCCCC4)c3c2)c1Cl. The van der Waals surface area contributed by atoms with Gasteiger partial charge < -0.3 is 14.6 Å². The van der Waals surface area contributed by atoms with Gasteiger partial charge in [-0.1, -0.05) is 18.5 Å². The van der Waals surface area contributed by atoms with Crippen LogP contribution in [-0.4, -0.2) is 44.6 Å². The van der Waals surface area contributed by atoms with Gasteiger partial charge in [-0.2, -0.15) is 5.10 Å². The number of nitrogens with zero attached hydrogens (tertiary/aromatic N) is 3. The molecule has 0 spiro atoms. The normalized spacial score (nSPS) is 14.3. The summed E-state index contributed by atoms with van der Waals surface area (Å²) in [6.45, 7) is 3.20. The Morgan fingerprint density at radius 3 is 2.73 bits per heavy atom. The number of likely N-dealkylation sites (tertiary alicyclic amines) is 1. The summed E-state index contributed by atoms with van der Waals surface area (Å²) in [5.41, 5.74) is 1.99. The minimum Gasteiger partial charge on any atom is -0.408 e. The van der Waals surface area contributed by atoms with E-state index in [4.69, 9.17) is 16.0 Å². The highest BCUT2D eigenvalue weighted by Gasteiger charge is 2.21. The standard InChI is InChI=1S/C20H22ClN5O4/c1-2-13-17(21)18(24-23-13)19(28)22-12-6-7-15-14(10-12)26(20(29)30-15)11-16(27)25-8-4-3-5-9-25/h6-7,10H,2-5,8-9,11H2,1H3,(H,22,28)(H,23,24). The Hall–Kier alpha value is -3.07. The van der Waals surface area contributed by atoms with Crippen LogP contribution in [0.15, 0.2) is 27.4 Å². The van der Waals surface area contributed by atoms with Gasteiger partial charge in [-0.25, -0.2) is 4.79 Å². The van der Waals surface area contributed by atoms with Crippen molar-refractivity contribution in [3.8, 4) is 0 Å². The van der Waals surface area contributed by atoms with Crippen LogP contribution in [0, 0.1) is 0 Å². The van der Waals surface area contributed by atoms with E-state index < -0.39 is 11.7 Å². The van der Waals surface area contributed by atoms with E-state index >= 15 is 0 Å². The molecule has 0 atom stereocenters. The van der Waals surface area contributed by atoms with Gasteiger partial charge in [-0.3, -0.25) is 19.3 Å². The molecule has 158 valence electrons. The lowest BCUT2D eigenvalue weighted by atomic mass is 10.1. The predicted molar refractivity (Wildman–Crippen MR) is 112 cm³/mol. The fourth-order valence-corrected chi connectivity index (χ4v) is 3.91. The molecule has 0 saturated carbocycles. The van der Waals surface area contributed by atoms with E-state index in [0.717, 1.165) is 19.3 Å². The van der Waals surface area contributed by atoms with Crippen molar-refractivity contribution in [3.05, 3.63) is 45.2 Å². The van der Waals surface area contributed by atoms with Crippen LogP contribution in [0.4, 0.5) is 5.69 Å². The summed E-state index contributed by atoms with van der Waals surface area (Å²) in [5, 5.41) is 9.71. The van der Waals surface area contributed by atoms with Crippen LogP contribution in [0.25, 0.3) is 11.1 Å². The van der Waals surface area contributed by atoms with Gasteiger partial charge in [0.05, 0.1) is 16.2 Å². The first kappa shape index (κ1) is 20.2. The molecule has 2 aromatic heterocycles. The average Bonchev–Trinajstić information content (AvgIpc) is 3.28. The van der Waals surface area contributed by atoms with Gasteiger partial charge in [0.25, 0.3) is 5.91 Å². The number of fused-ring (bicyclic) bond motifs is 1. The van der Waals surface area contributed by atoms with E-state index in [1.54, 1.807) is 23.1 Å². The second kappa shape index (κ2) is 8.35. The van der Waals surface area contributed by atoms with Crippen molar-refractivity contribution in [1.29, 1.82) is 0 Å². The first-order valence-electron chi connectivity index (χ1n) is 9.93. The Balaban J connectivity index is 1.58. The number of H-pyrrole nitrogens is 1. The van der Waals surface area contributed by atoms with Crippen LogP contribution in [0.5, 0.6) is 0 Å². The molecule has 1 aliphatic heterocycles. The zero-order valence-electron chi connectivity index (χ0n) is 16.5. The monoisotopic (exact) mass is 431 g/mol. The summed E-state index contributed by atoms with van der Waals surface area (Å²) >= 11 is 6.18. The average molecular weight is 432 g/mol. The van der Waals surface area contributed by atoms with Crippen molar-refractivity contribution >= 4 is 40.2 Å². The zero-order chi connectivity index (χ0) is 21.3. The molecule has 0 bridgehead atoms. The minimum atomic E-state index is -0.609. The predicted octanol–water partition coefficient (Wildman–Crippen LogP) is 2.80. The number of hydrogen-bond acceptors (Lipinski definition) is 5. The molecule has 0 unspecified atom stereocenters. The summed E-state index contributed by atoms with van der Waals surface area (Å²) in [7, 11) is 0. The fourth-order valence-electron chi connectivity index (χ4n) is 3.61. The van der Waals surface area contributed by atoms with E-state index in [2.05, 4.69) is 15.5 Å². The minimum absolute atomic E-state index is 0.0958. The Morgan fingerprint density at radius 2 is 2.03 bits per heavy atom. The van der Waals surface area contributed by atoms with Crippen molar-refractivity contribution in [2.45, 2.75) is 39.2 Å². The molecule has 0 aliphatic carbocycles. The smallest absolute Gasteiger partial charge is 0.408 e. The molecule has 10 heteroatoms. The van der Waals surface area contributed by atoms with Crippen molar-refractivity contribution in [1.82, 2.24) is 19.7 Å². The molecular weight excluding hydrogens is 410 g/mol. The number of aromatic amines is 1. The number of nitrogens with one attached hydrogen (secondary N) is 2. The highest BCUT2D eigenvalue weighted by atomic mass is 35.5. The third-order valence-corrected chi connectivity index (χ3v) is 5.68. The number of aryl methyl sites for hydroxylation is 1. The van der Waals surface area contributed by atoms with Gasteiger partial charge in [-0.05, 0) is 43.9 Å². The third kappa shape index (κ3) is 3.85.